The number of carboxylic acid groups (broad SMARTS) is 1. The molecule has 2 rings (SSSR count). The molecule has 114 valence electrons. The van der Waals surface area contributed by atoms with Crippen LogP contribution in [0.5, 0.6) is 5.75 Å². The van der Waals surface area contributed by atoms with Crippen LogP contribution in [0.4, 0.5) is 0 Å². The second kappa shape index (κ2) is 7.36. The van der Waals surface area contributed by atoms with E-state index in [0.29, 0.717) is 12.3 Å². The maximum atomic E-state index is 12.1. The van der Waals surface area contributed by atoms with E-state index in [2.05, 4.69) is 0 Å². The van der Waals surface area contributed by atoms with E-state index >= 15 is 0 Å². The number of hydrogen-bond donors (Lipinski definition) is 1. The van der Waals surface area contributed by atoms with Crippen molar-refractivity contribution < 1.29 is 19.4 Å². The number of ether oxygens (including phenoxy) is 1. The molecule has 1 atom stereocenters. The minimum absolute atomic E-state index is 0.157. The highest BCUT2D eigenvalue weighted by Gasteiger charge is 2.31. The van der Waals surface area contributed by atoms with Crippen molar-refractivity contribution in [2.45, 2.75) is 19.4 Å². The molecule has 0 saturated carbocycles. The van der Waals surface area contributed by atoms with Gasteiger partial charge in [0.05, 0.1) is 13.0 Å². The summed E-state index contributed by atoms with van der Waals surface area (Å²) >= 11 is 1.57. The number of nitrogens with zero attached hydrogens (tertiary/aromatic N) is 1. The van der Waals surface area contributed by atoms with Crippen LogP contribution in [0.25, 0.3) is 0 Å². The zero-order valence-electron chi connectivity index (χ0n) is 11.9. The van der Waals surface area contributed by atoms with E-state index in [1.165, 1.54) is 4.90 Å². The first-order valence-electron chi connectivity index (χ1n) is 6.87. The Morgan fingerprint density at radius 2 is 2.29 bits per heavy atom. The molecule has 6 heteroatoms. The number of hydrogen-bond acceptors (Lipinski definition) is 4. The topological polar surface area (TPSA) is 66.8 Å². The molecule has 1 aromatic rings. The minimum Gasteiger partial charge on any atom is -0.493 e. The highest BCUT2D eigenvalue weighted by molar-refractivity contribution is 7.99. The van der Waals surface area contributed by atoms with E-state index < -0.39 is 12.0 Å². The Balaban J connectivity index is 1.84. The number of thioether (sulfide) groups is 1. The van der Waals surface area contributed by atoms with Gasteiger partial charge in [0, 0.05) is 18.1 Å². The molecule has 0 spiro atoms. The fraction of sp³-hybridized carbons (Fsp3) is 0.467. The predicted molar refractivity (Wildman–Crippen MR) is 81.8 cm³/mol. The van der Waals surface area contributed by atoms with Crippen molar-refractivity contribution in [3.63, 3.8) is 0 Å². The van der Waals surface area contributed by atoms with Gasteiger partial charge in [-0.3, -0.25) is 4.79 Å². The van der Waals surface area contributed by atoms with Crippen molar-refractivity contribution >= 4 is 23.6 Å². The lowest BCUT2D eigenvalue weighted by Gasteiger charge is -2.32. The van der Waals surface area contributed by atoms with E-state index in [0.717, 1.165) is 17.1 Å². The highest BCUT2D eigenvalue weighted by Crippen LogP contribution is 2.18. The fourth-order valence-corrected chi connectivity index (χ4v) is 3.25. The number of aliphatic carboxylic acids is 1. The van der Waals surface area contributed by atoms with Crippen molar-refractivity contribution in [1.82, 2.24) is 4.90 Å². The Morgan fingerprint density at radius 1 is 1.48 bits per heavy atom. The van der Waals surface area contributed by atoms with Crippen LogP contribution in [0, 0.1) is 6.92 Å². The summed E-state index contributed by atoms with van der Waals surface area (Å²) in [6.07, 6.45) is 0.197. The third-order valence-corrected chi connectivity index (χ3v) is 4.33. The molecule has 1 fully saturated rings. The number of carboxylic acids is 1. The SMILES string of the molecule is Cc1cccc(OCCC(=O)N2CCSCC2C(=O)O)c1. The summed E-state index contributed by atoms with van der Waals surface area (Å²) in [5, 5.41) is 9.15. The molecule has 1 saturated heterocycles. The Bertz CT molecular complexity index is 520. The lowest BCUT2D eigenvalue weighted by atomic mass is 10.2. The van der Waals surface area contributed by atoms with Crippen molar-refractivity contribution in [3.05, 3.63) is 29.8 Å². The van der Waals surface area contributed by atoms with E-state index in [4.69, 9.17) is 9.84 Å². The van der Waals surface area contributed by atoms with Gasteiger partial charge in [-0.1, -0.05) is 12.1 Å². The maximum Gasteiger partial charge on any atom is 0.327 e. The first-order valence-corrected chi connectivity index (χ1v) is 8.03. The summed E-state index contributed by atoms with van der Waals surface area (Å²) in [6, 6.07) is 6.91. The number of aryl methyl sites for hydroxylation is 1. The summed E-state index contributed by atoms with van der Waals surface area (Å²) in [7, 11) is 0. The summed E-state index contributed by atoms with van der Waals surface area (Å²) < 4.78 is 5.54. The van der Waals surface area contributed by atoms with Gasteiger partial charge in [-0.05, 0) is 24.6 Å². The van der Waals surface area contributed by atoms with Crippen LogP contribution in [0.1, 0.15) is 12.0 Å². The monoisotopic (exact) mass is 309 g/mol. The third-order valence-electron chi connectivity index (χ3n) is 3.31. The van der Waals surface area contributed by atoms with Crippen LogP contribution in [-0.4, -0.2) is 52.6 Å². The van der Waals surface area contributed by atoms with Crippen LogP contribution < -0.4 is 4.74 Å². The maximum absolute atomic E-state index is 12.1. The minimum atomic E-state index is -0.935. The molecule has 1 aromatic carbocycles. The molecule has 1 unspecified atom stereocenters. The summed E-state index contributed by atoms with van der Waals surface area (Å²) in [6.45, 7) is 2.73. The van der Waals surface area contributed by atoms with E-state index in [9.17, 15) is 9.59 Å². The highest BCUT2D eigenvalue weighted by atomic mass is 32.2. The molecular weight excluding hydrogens is 290 g/mol. The van der Waals surface area contributed by atoms with Gasteiger partial charge < -0.3 is 14.7 Å². The molecule has 1 aliphatic rings. The van der Waals surface area contributed by atoms with Gasteiger partial charge in [0.2, 0.25) is 5.91 Å². The van der Waals surface area contributed by atoms with E-state index in [1.54, 1.807) is 11.8 Å². The molecule has 21 heavy (non-hydrogen) atoms. The first-order chi connectivity index (χ1) is 10.1. The van der Waals surface area contributed by atoms with Gasteiger partial charge >= 0.3 is 5.97 Å². The Hall–Kier alpha value is -1.69. The lowest BCUT2D eigenvalue weighted by Crippen LogP contribution is -2.50. The van der Waals surface area contributed by atoms with Crippen molar-refractivity contribution in [2.75, 3.05) is 24.7 Å². The average Bonchev–Trinajstić information content (AvgIpc) is 2.47. The smallest absolute Gasteiger partial charge is 0.327 e. The van der Waals surface area contributed by atoms with E-state index in [-0.39, 0.29) is 18.9 Å². The second-order valence-electron chi connectivity index (χ2n) is 4.93. The quantitative estimate of drug-likeness (QED) is 0.898. The van der Waals surface area contributed by atoms with Gasteiger partial charge in [0.1, 0.15) is 11.8 Å². The number of rotatable bonds is 5. The molecule has 1 aliphatic heterocycles. The van der Waals surface area contributed by atoms with E-state index in [1.807, 2.05) is 31.2 Å². The van der Waals surface area contributed by atoms with Crippen LogP contribution in [-0.2, 0) is 9.59 Å². The molecule has 0 aliphatic carbocycles. The summed E-state index contributed by atoms with van der Waals surface area (Å²) in [5.41, 5.74) is 1.10. The molecule has 0 aromatic heterocycles. The molecular formula is C15H19NO4S. The van der Waals surface area contributed by atoms with Gasteiger partial charge in [-0.25, -0.2) is 4.79 Å². The van der Waals surface area contributed by atoms with Crippen LogP contribution in [0.3, 0.4) is 0 Å². The average molecular weight is 309 g/mol. The molecule has 0 radical (unpaired) electrons. The van der Waals surface area contributed by atoms with Crippen LogP contribution in [0.15, 0.2) is 24.3 Å². The normalized spacial score (nSPS) is 18.3. The third kappa shape index (κ3) is 4.39. The molecule has 5 nitrogen and oxygen atoms in total. The number of carbonyl (C=O) groups is 2. The fourth-order valence-electron chi connectivity index (χ4n) is 2.21. The Morgan fingerprint density at radius 3 is 3.00 bits per heavy atom. The predicted octanol–water partition coefficient (Wildman–Crippen LogP) is 1.79. The Kier molecular flexibility index (Phi) is 5.50. The standard InChI is InChI=1S/C15H19NO4S/c1-11-3-2-4-12(9-11)20-7-5-14(17)16-6-8-21-10-13(16)15(18)19/h2-4,9,13H,5-8,10H2,1H3,(H,18,19). The lowest BCUT2D eigenvalue weighted by molar-refractivity contribution is -0.149. The number of carbonyl (C=O) groups excluding carboxylic acids is 1. The van der Waals surface area contributed by atoms with Gasteiger partial charge in [-0.2, -0.15) is 11.8 Å². The summed E-state index contributed by atoms with van der Waals surface area (Å²) in [5.74, 6) is 0.880. The summed E-state index contributed by atoms with van der Waals surface area (Å²) in [4.78, 5) is 24.8. The number of amides is 1. The molecule has 0 bridgehead atoms. The van der Waals surface area contributed by atoms with Crippen LogP contribution >= 0.6 is 11.8 Å². The second-order valence-corrected chi connectivity index (χ2v) is 6.08. The Labute approximate surface area is 128 Å². The molecule has 1 N–H and O–H groups in total. The van der Waals surface area contributed by atoms with Gasteiger partial charge in [0.25, 0.3) is 0 Å². The molecule has 1 amide bonds. The van der Waals surface area contributed by atoms with Crippen molar-refractivity contribution in [2.24, 2.45) is 0 Å². The van der Waals surface area contributed by atoms with Gasteiger partial charge in [-0.15, -0.1) is 0 Å². The zero-order chi connectivity index (χ0) is 15.2. The van der Waals surface area contributed by atoms with Crippen molar-refractivity contribution in [3.8, 4) is 5.75 Å². The largest absolute Gasteiger partial charge is 0.493 e. The molecule has 1 heterocycles. The van der Waals surface area contributed by atoms with Gasteiger partial charge in [0.15, 0.2) is 0 Å². The zero-order valence-corrected chi connectivity index (χ0v) is 12.8. The van der Waals surface area contributed by atoms with Crippen LogP contribution in [0.2, 0.25) is 0 Å². The first kappa shape index (κ1) is 15.7. The number of benzene rings is 1. The van der Waals surface area contributed by atoms with Crippen molar-refractivity contribution in [1.29, 1.82) is 0 Å².